The SMILES string of the molecule is Cc1c(F)cccc1[C@]1(C(=O)NO)CCC(c2cncc(F)c2)C1. The number of carbonyl (C=O) groups excluding carboxylic acids is 1. The molecule has 2 atom stereocenters. The fourth-order valence-corrected chi connectivity index (χ4v) is 3.79. The van der Waals surface area contributed by atoms with E-state index in [0.717, 1.165) is 6.20 Å². The van der Waals surface area contributed by atoms with E-state index in [2.05, 4.69) is 4.98 Å². The Bertz CT molecular complexity index is 781. The zero-order chi connectivity index (χ0) is 17.3. The molecule has 1 aromatic heterocycles. The van der Waals surface area contributed by atoms with Crippen LogP contribution in [0.5, 0.6) is 0 Å². The first-order chi connectivity index (χ1) is 11.5. The van der Waals surface area contributed by atoms with Gasteiger partial charge in [0.1, 0.15) is 11.6 Å². The minimum absolute atomic E-state index is 0.0897. The summed E-state index contributed by atoms with van der Waals surface area (Å²) in [6.07, 6.45) is 4.12. The van der Waals surface area contributed by atoms with Crippen molar-refractivity contribution in [2.24, 2.45) is 0 Å². The summed E-state index contributed by atoms with van der Waals surface area (Å²) in [4.78, 5) is 16.3. The Morgan fingerprint density at radius 1 is 1.38 bits per heavy atom. The Labute approximate surface area is 138 Å². The van der Waals surface area contributed by atoms with E-state index < -0.39 is 23.0 Å². The highest BCUT2D eigenvalue weighted by atomic mass is 19.1. The topological polar surface area (TPSA) is 62.2 Å². The minimum Gasteiger partial charge on any atom is -0.289 e. The van der Waals surface area contributed by atoms with Gasteiger partial charge in [0.25, 0.3) is 5.91 Å². The second-order valence-corrected chi connectivity index (χ2v) is 6.31. The molecule has 1 aromatic carbocycles. The summed E-state index contributed by atoms with van der Waals surface area (Å²) in [5, 5.41) is 9.22. The van der Waals surface area contributed by atoms with Crippen LogP contribution in [-0.4, -0.2) is 16.1 Å². The molecule has 1 aliphatic carbocycles. The summed E-state index contributed by atoms with van der Waals surface area (Å²) in [5.74, 6) is -1.48. The van der Waals surface area contributed by atoms with Crippen LogP contribution in [0.1, 0.15) is 41.9 Å². The van der Waals surface area contributed by atoms with E-state index in [1.807, 2.05) is 0 Å². The Kier molecular flexibility index (Phi) is 4.32. The molecule has 1 amide bonds. The molecule has 6 heteroatoms. The zero-order valence-corrected chi connectivity index (χ0v) is 13.2. The average molecular weight is 332 g/mol. The summed E-state index contributed by atoms with van der Waals surface area (Å²) >= 11 is 0. The molecule has 2 aromatic rings. The number of nitrogens with one attached hydrogen (secondary N) is 1. The highest BCUT2D eigenvalue weighted by Crippen LogP contribution is 2.49. The van der Waals surface area contributed by atoms with Crippen molar-refractivity contribution in [3.63, 3.8) is 0 Å². The second kappa shape index (κ2) is 6.28. The van der Waals surface area contributed by atoms with Crippen molar-refractivity contribution < 1.29 is 18.8 Å². The lowest BCUT2D eigenvalue weighted by atomic mass is 9.75. The maximum absolute atomic E-state index is 14.0. The quantitative estimate of drug-likeness (QED) is 0.669. The lowest BCUT2D eigenvalue weighted by molar-refractivity contribution is -0.135. The van der Waals surface area contributed by atoms with Crippen LogP contribution in [0.15, 0.2) is 36.7 Å². The standard InChI is InChI=1S/C18H18F2N2O2/c1-11-15(3-2-4-16(11)20)18(17(23)22-24)6-5-12(8-18)13-7-14(19)10-21-9-13/h2-4,7,9-10,12,24H,5-6,8H2,1H3,(H,22,23)/t12?,18-/m0/s1. The van der Waals surface area contributed by atoms with Crippen LogP contribution in [0.3, 0.4) is 0 Å². The van der Waals surface area contributed by atoms with Crippen molar-refractivity contribution >= 4 is 5.91 Å². The monoisotopic (exact) mass is 332 g/mol. The van der Waals surface area contributed by atoms with Crippen molar-refractivity contribution in [3.05, 3.63) is 65.0 Å². The highest BCUT2D eigenvalue weighted by Gasteiger charge is 2.48. The van der Waals surface area contributed by atoms with Crippen LogP contribution in [0.4, 0.5) is 8.78 Å². The molecule has 4 nitrogen and oxygen atoms in total. The molecule has 0 saturated heterocycles. The number of hydrogen-bond donors (Lipinski definition) is 2. The average Bonchev–Trinajstić information content (AvgIpc) is 3.03. The van der Waals surface area contributed by atoms with Gasteiger partial charge in [-0.1, -0.05) is 12.1 Å². The van der Waals surface area contributed by atoms with Crippen molar-refractivity contribution in [1.29, 1.82) is 0 Å². The first kappa shape index (κ1) is 16.5. The summed E-state index contributed by atoms with van der Waals surface area (Å²) in [7, 11) is 0. The molecule has 1 unspecified atom stereocenters. The first-order valence-corrected chi connectivity index (χ1v) is 7.78. The smallest absolute Gasteiger partial charge is 0.254 e. The largest absolute Gasteiger partial charge is 0.289 e. The van der Waals surface area contributed by atoms with Crippen molar-refractivity contribution in [1.82, 2.24) is 10.5 Å². The van der Waals surface area contributed by atoms with Crippen LogP contribution in [-0.2, 0) is 10.2 Å². The van der Waals surface area contributed by atoms with E-state index in [1.54, 1.807) is 30.7 Å². The number of hydroxylamine groups is 1. The number of aromatic nitrogens is 1. The van der Waals surface area contributed by atoms with Crippen LogP contribution in [0, 0.1) is 18.6 Å². The minimum atomic E-state index is -1.04. The Morgan fingerprint density at radius 2 is 2.17 bits per heavy atom. The van der Waals surface area contributed by atoms with Gasteiger partial charge in [0, 0.05) is 6.20 Å². The fraction of sp³-hybridized carbons (Fsp3) is 0.333. The molecule has 1 heterocycles. The lowest BCUT2D eigenvalue weighted by Gasteiger charge is -2.29. The van der Waals surface area contributed by atoms with E-state index in [4.69, 9.17) is 0 Å². The van der Waals surface area contributed by atoms with Crippen molar-refractivity contribution in [2.45, 2.75) is 37.5 Å². The van der Waals surface area contributed by atoms with Gasteiger partial charge in [-0.2, -0.15) is 0 Å². The predicted octanol–water partition coefficient (Wildman–Crippen LogP) is 3.38. The highest BCUT2D eigenvalue weighted by molar-refractivity contribution is 5.88. The van der Waals surface area contributed by atoms with Gasteiger partial charge in [0.05, 0.1) is 11.6 Å². The van der Waals surface area contributed by atoms with Gasteiger partial charge in [-0.25, -0.2) is 14.3 Å². The summed E-state index contributed by atoms with van der Waals surface area (Å²) < 4.78 is 27.4. The zero-order valence-electron chi connectivity index (χ0n) is 13.2. The van der Waals surface area contributed by atoms with Gasteiger partial charge in [0.15, 0.2) is 0 Å². The van der Waals surface area contributed by atoms with Crippen molar-refractivity contribution in [3.8, 4) is 0 Å². The molecule has 1 aliphatic rings. The summed E-state index contributed by atoms with van der Waals surface area (Å²) in [6.45, 7) is 1.62. The predicted molar refractivity (Wildman–Crippen MR) is 83.5 cm³/mol. The third kappa shape index (κ3) is 2.67. The Morgan fingerprint density at radius 3 is 2.88 bits per heavy atom. The van der Waals surface area contributed by atoms with Gasteiger partial charge >= 0.3 is 0 Å². The number of nitrogens with zero attached hydrogens (tertiary/aromatic N) is 1. The van der Waals surface area contributed by atoms with E-state index >= 15 is 0 Å². The van der Waals surface area contributed by atoms with Crippen molar-refractivity contribution in [2.75, 3.05) is 0 Å². The van der Waals surface area contributed by atoms with Crippen LogP contribution in [0.25, 0.3) is 0 Å². The molecule has 1 saturated carbocycles. The van der Waals surface area contributed by atoms with E-state index in [-0.39, 0.29) is 5.92 Å². The number of amides is 1. The van der Waals surface area contributed by atoms with E-state index in [0.29, 0.717) is 36.0 Å². The molecule has 0 spiro atoms. The molecule has 0 radical (unpaired) electrons. The fourth-order valence-electron chi connectivity index (χ4n) is 3.79. The third-order valence-corrected chi connectivity index (χ3v) is 5.03. The van der Waals surface area contributed by atoms with Gasteiger partial charge < -0.3 is 0 Å². The summed E-state index contributed by atoms with van der Waals surface area (Å²) in [5.41, 5.74) is 2.33. The van der Waals surface area contributed by atoms with E-state index in [9.17, 15) is 18.8 Å². The molecule has 126 valence electrons. The number of carbonyl (C=O) groups is 1. The van der Waals surface area contributed by atoms with Gasteiger partial charge in [0.2, 0.25) is 0 Å². The molecular weight excluding hydrogens is 314 g/mol. The molecule has 2 N–H and O–H groups in total. The van der Waals surface area contributed by atoms with Gasteiger partial charge in [-0.3, -0.25) is 15.0 Å². The summed E-state index contributed by atoms with van der Waals surface area (Å²) in [6, 6.07) is 6.01. The number of benzene rings is 1. The molecule has 24 heavy (non-hydrogen) atoms. The molecular formula is C18H18F2N2O2. The van der Waals surface area contributed by atoms with Crippen LogP contribution >= 0.6 is 0 Å². The number of halogens is 2. The second-order valence-electron chi connectivity index (χ2n) is 6.31. The van der Waals surface area contributed by atoms with Crippen LogP contribution < -0.4 is 5.48 Å². The maximum Gasteiger partial charge on any atom is 0.254 e. The number of pyridine rings is 1. The van der Waals surface area contributed by atoms with E-state index in [1.165, 1.54) is 12.1 Å². The Balaban J connectivity index is 2.03. The number of rotatable bonds is 3. The third-order valence-electron chi connectivity index (χ3n) is 5.03. The first-order valence-electron chi connectivity index (χ1n) is 7.78. The van der Waals surface area contributed by atoms with Crippen LogP contribution in [0.2, 0.25) is 0 Å². The Hall–Kier alpha value is -2.34. The maximum atomic E-state index is 14.0. The molecule has 1 fully saturated rings. The number of hydrogen-bond acceptors (Lipinski definition) is 3. The molecule has 0 bridgehead atoms. The molecule has 0 aliphatic heterocycles. The van der Waals surface area contributed by atoms with Gasteiger partial charge in [-0.15, -0.1) is 0 Å². The molecule has 3 rings (SSSR count). The normalized spacial score (nSPS) is 23.2. The van der Waals surface area contributed by atoms with Gasteiger partial charge in [-0.05, 0) is 60.9 Å². The lowest BCUT2D eigenvalue weighted by Crippen LogP contribution is -2.42.